The topological polar surface area (TPSA) is 0 Å². The van der Waals surface area contributed by atoms with E-state index in [0.717, 1.165) is 11.8 Å². The molecule has 1 aliphatic carbocycles. The van der Waals surface area contributed by atoms with Gasteiger partial charge in [-0.25, -0.2) is 0 Å². The van der Waals surface area contributed by atoms with Crippen molar-refractivity contribution in [3.05, 3.63) is 126 Å². The summed E-state index contributed by atoms with van der Waals surface area (Å²) in [6, 6.07) is 43.7. The number of hydrogen-bond donors (Lipinski definition) is 0. The molecule has 0 bridgehead atoms. The second-order valence-electron chi connectivity index (χ2n) is 10.2. The Morgan fingerprint density at radius 1 is 0.583 bits per heavy atom. The molecule has 0 N–H and O–H groups in total. The Hall–Kier alpha value is -1.96. The van der Waals surface area contributed by atoms with E-state index in [1.54, 1.807) is 5.56 Å². The van der Waals surface area contributed by atoms with E-state index >= 15 is 0 Å². The fourth-order valence-corrected chi connectivity index (χ4v) is 10.8. The molecule has 0 saturated heterocycles. The molecule has 0 aromatic heterocycles. The monoisotopic (exact) mass is 604 g/mol. The van der Waals surface area contributed by atoms with Crippen molar-refractivity contribution in [3.8, 4) is 0 Å². The predicted molar refractivity (Wildman–Crippen MR) is 155 cm³/mol. The van der Waals surface area contributed by atoms with Gasteiger partial charge >= 0.3 is 0 Å². The highest BCUT2D eigenvalue weighted by atomic mass is 127. The van der Waals surface area contributed by atoms with Gasteiger partial charge in [-0.3, -0.25) is 0 Å². The van der Waals surface area contributed by atoms with Crippen molar-refractivity contribution in [1.82, 2.24) is 0 Å². The highest BCUT2D eigenvalue weighted by molar-refractivity contribution is 7.95. The van der Waals surface area contributed by atoms with Gasteiger partial charge < -0.3 is 24.0 Å². The molecular formula is C34H38IP. The van der Waals surface area contributed by atoms with Crippen LogP contribution in [0.4, 0.5) is 0 Å². The first-order chi connectivity index (χ1) is 17.3. The lowest BCUT2D eigenvalue weighted by molar-refractivity contribution is -0.00000698. The van der Waals surface area contributed by atoms with Gasteiger partial charge in [0.1, 0.15) is 23.2 Å². The Labute approximate surface area is 235 Å². The maximum atomic E-state index is 2.41. The Bertz CT molecular complexity index is 1070. The Morgan fingerprint density at radius 2 is 1.03 bits per heavy atom. The molecule has 2 heteroatoms. The molecule has 5 rings (SSSR count). The van der Waals surface area contributed by atoms with E-state index in [1.165, 1.54) is 66.2 Å². The Balaban J connectivity index is 0.00000304. The average Bonchev–Trinajstić information content (AvgIpc) is 2.94. The lowest BCUT2D eigenvalue weighted by Crippen LogP contribution is -3.00. The van der Waals surface area contributed by atoms with E-state index < -0.39 is 7.26 Å². The highest BCUT2D eigenvalue weighted by Gasteiger charge is 2.47. The molecule has 186 valence electrons. The maximum Gasteiger partial charge on any atom is 0.112 e. The first-order valence-corrected chi connectivity index (χ1v) is 15.4. The molecule has 0 unspecified atom stereocenters. The molecule has 0 atom stereocenters. The lowest BCUT2D eigenvalue weighted by atomic mass is 9.79. The van der Waals surface area contributed by atoms with Gasteiger partial charge in [-0.15, -0.1) is 0 Å². The summed E-state index contributed by atoms with van der Waals surface area (Å²) in [5, 5.41) is 4.56. The summed E-state index contributed by atoms with van der Waals surface area (Å²) in [4.78, 5) is 0. The minimum absolute atomic E-state index is 0. The van der Waals surface area contributed by atoms with Crippen LogP contribution in [0.3, 0.4) is 0 Å². The summed E-state index contributed by atoms with van der Waals surface area (Å²) in [7, 11) is -1.73. The molecule has 0 aliphatic heterocycles. The third-order valence-electron chi connectivity index (χ3n) is 7.96. The van der Waals surface area contributed by atoms with Crippen molar-refractivity contribution in [2.45, 2.75) is 51.4 Å². The summed E-state index contributed by atoms with van der Waals surface area (Å²) in [6.07, 6.45) is 8.97. The fraction of sp³-hybridized carbons (Fsp3) is 0.294. The van der Waals surface area contributed by atoms with E-state index in [-0.39, 0.29) is 24.0 Å². The molecular weight excluding hydrogens is 566 g/mol. The molecule has 0 nitrogen and oxygen atoms in total. The Kier molecular flexibility index (Phi) is 9.80. The lowest BCUT2D eigenvalue weighted by Gasteiger charge is -2.34. The van der Waals surface area contributed by atoms with Gasteiger partial charge in [-0.2, -0.15) is 0 Å². The minimum atomic E-state index is -1.73. The number of rotatable bonds is 8. The van der Waals surface area contributed by atoms with Crippen LogP contribution < -0.4 is 39.9 Å². The molecule has 0 spiro atoms. The first-order valence-electron chi connectivity index (χ1n) is 13.4. The molecule has 4 aromatic carbocycles. The molecule has 36 heavy (non-hydrogen) atoms. The summed E-state index contributed by atoms with van der Waals surface area (Å²) < 4.78 is 0. The first kappa shape index (κ1) is 27.1. The standard InChI is InChI=1S/C34H38P.HI/c1-2-12-28-19-23-30(24-20-28)31-25-21-29(22-26-31)27-35(32-13-6-3-7-14-32,33-15-8-4-9-16-33)34-17-10-5-11-18-34;/h3-11,13-20,23-24,29,31H,2,12,21-22,25-27H2,1H3;1H/q+1;/p-1. The third-order valence-corrected chi connectivity index (χ3v) is 12.6. The van der Waals surface area contributed by atoms with Crippen LogP contribution in [0.1, 0.15) is 56.1 Å². The van der Waals surface area contributed by atoms with Gasteiger partial charge in [0.2, 0.25) is 0 Å². The molecule has 1 fully saturated rings. The van der Waals surface area contributed by atoms with Gasteiger partial charge in [-0.05, 0) is 91.5 Å². The summed E-state index contributed by atoms with van der Waals surface area (Å²) in [6.45, 7) is 2.26. The van der Waals surface area contributed by atoms with Gasteiger partial charge in [-0.1, -0.05) is 92.2 Å². The van der Waals surface area contributed by atoms with Crippen molar-refractivity contribution in [2.24, 2.45) is 5.92 Å². The highest BCUT2D eigenvalue weighted by Crippen LogP contribution is 2.58. The van der Waals surface area contributed by atoms with Gasteiger partial charge in [0, 0.05) is 0 Å². The van der Waals surface area contributed by atoms with Gasteiger partial charge in [0.05, 0.1) is 6.16 Å². The van der Waals surface area contributed by atoms with Crippen LogP contribution in [-0.2, 0) is 6.42 Å². The van der Waals surface area contributed by atoms with E-state index in [1.807, 2.05) is 0 Å². The van der Waals surface area contributed by atoms with Crippen LogP contribution in [-0.4, -0.2) is 6.16 Å². The number of hydrogen-bond acceptors (Lipinski definition) is 0. The van der Waals surface area contributed by atoms with E-state index in [9.17, 15) is 0 Å². The van der Waals surface area contributed by atoms with Crippen molar-refractivity contribution in [2.75, 3.05) is 6.16 Å². The molecule has 1 saturated carbocycles. The molecule has 0 heterocycles. The predicted octanol–water partition coefficient (Wildman–Crippen LogP) is 4.91. The zero-order chi connectivity index (χ0) is 23.9. The van der Waals surface area contributed by atoms with E-state index in [4.69, 9.17) is 0 Å². The molecule has 4 aromatic rings. The number of aryl methyl sites for hydroxylation is 1. The van der Waals surface area contributed by atoms with Crippen molar-refractivity contribution >= 4 is 23.2 Å². The third kappa shape index (κ3) is 5.95. The SMILES string of the molecule is CCCc1ccc(C2CCC(C[P+](c3ccccc3)(c3ccccc3)c3ccccc3)CC2)cc1.[I-]. The minimum Gasteiger partial charge on any atom is -1.00 e. The van der Waals surface area contributed by atoms with Crippen molar-refractivity contribution in [3.63, 3.8) is 0 Å². The molecule has 0 radical (unpaired) electrons. The second-order valence-corrected chi connectivity index (χ2v) is 13.7. The quantitative estimate of drug-likeness (QED) is 0.198. The molecule has 0 amide bonds. The zero-order valence-electron chi connectivity index (χ0n) is 21.4. The van der Waals surface area contributed by atoms with Crippen LogP contribution in [0.25, 0.3) is 0 Å². The maximum absolute atomic E-state index is 2.41. The largest absolute Gasteiger partial charge is 1.00 e. The fourth-order valence-electron chi connectivity index (χ4n) is 6.12. The summed E-state index contributed by atoms with van der Waals surface area (Å²) >= 11 is 0. The number of halogens is 1. The van der Waals surface area contributed by atoms with Crippen LogP contribution in [0.5, 0.6) is 0 Å². The van der Waals surface area contributed by atoms with Crippen molar-refractivity contribution < 1.29 is 24.0 Å². The van der Waals surface area contributed by atoms with Crippen molar-refractivity contribution in [1.29, 1.82) is 0 Å². The van der Waals surface area contributed by atoms with Crippen LogP contribution in [0.15, 0.2) is 115 Å². The normalized spacial score (nSPS) is 17.8. The van der Waals surface area contributed by atoms with Crippen LogP contribution in [0, 0.1) is 5.92 Å². The zero-order valence-corrected chi connectivity index (χ0v) is 24.5. The summed E-state index contributed by atoms with van der Waals surface area (Å²) in [5.41, 5.74) is 3.03. The number of benzene rings is 4. The average molecular weight is 605 g/mol. The Morgan fingerprint density at radius 3 is 1.44 bits per heavy atom. The van der Waals surface area contributed by atoms with E-state index in [0.29, 0.717) is 0 Å². The van der Waals surface area contributed by atoms with E-state index in [2.05, 4.69) is 122 Å². The van der Waals surface area contributed by atoms with Gasteiger partial charge in [0.15, 0.2) is 0 Å². The van der Waals surface area contributed by atoms with Crippen LogP contribution >= 0.6 is 7.26 Å². The van der Waals surface area contributed by atoms with Gasteiger partial charge in [0.25, 0.3) is 0 Å². The van der Waals surface area contributed by atoms with Crippen LogP contribution in [0.2, 0.25) is 0 Å². The second kappa shape index (κ2) is 13.0. The molecule has 1 aliphatic rings. The smallest absolute Gasteiger partial charge is 0.112 e. The summed E-state index contributed by atoms with van der Waals surface area (Å²) in [5.74, 6) is 1.49.